The van der Waals surface area contributed by atoms with Gasteiger partial charge in [-0.15, -0.1) is 0 Å². The third-order valence-electron chi connectivity index (χ3n) is 4.92. The number of carbonyl (C=O) groups is 1. The number of hydrogen-bond donors (Lipinski definition) is 3. The molecule has 1 aliphatic rings. The standard InChI is InChI=1S/C21H20N2O8/c1-28-9-11-6-15(24)19(26)20(31-11)12(7-18(22)25)13-4-10-5-16-17(30-3-2-29-16)8-14(10)23-21(13)27/h4-6,8,12,26H,2-3,7,9H2,1H3,(H2,22,25)(H,23,27)/t12-/m0/s1. The molecule has 10 heteroatoms. The van der Waals surface area contributed by atoms with Gasteiger partial charge in [0, 0.05) is 36.6 Å². The SMILES string of the molecule is COCc1cc(=O)c(O)c([C@@H](CC(N)=O)c2cc3cc4c(cc3[nH]c2=O)OCCO4)o1. The first kappa shape index (κ1) is 20.5. The van der Waals surface area contributed by atoms with E-state index in [1.807, 2.05) is 0 Å². The molecule has 1 aromatic carbocycles. The van der Waals surface area contributed by atoms with Gasteiger partial charge in [0.05, 0.1) is 11.4 Å². The van der Waals surface area contributed by atoms with Crippen molar-refractivity contribution >= 4 is 16.8 Å². The quantitative estimate of drug-likeness (QED) is 0.528. The fraction of sp³-hybridized carbons (Fsp3) is 0.286. The van der Waals surface area contributed by atoms with Crippen LogP contribution in [0.25, 0.3) is 10.9 Å². The van der Waals surface area contributed by atoms with Crippen LogP contribution in [0.5, 0.6) is 17.2 Å². The first-order chi connectivity index (χ1) is 14.9. The summed E-state index contributed by atoms with van der Waals surface area (Å²) in [7, 11) is 1.41. The van der Waals surface area contributed by atoms with E-state index >= 15 is 0 Å². The highest BCUT2D eigenvalue weighted by molar-refractivity contribution is 5.84. The zero-order valence-electron chi connectivity index (χ0n) is 16.6. The molecular weight excluding hydrogens is 408 g/mol. The summed E-state index contributed by atoms with van der Waals surface area (Å²) in [5, 5.41) is 10.9. The molecule has 0 bridgehead atoms. The molecule has 1 atom stereocenters. The van der Waals surface area contributed by atoms with Gasteiger partial charge in [-0.25, -0.2) is 0 Å². The van der Waals surface area contributed by atoms with Crippen molar-refractivity contribution in [2.24, 2.45) is 5.73 Å². The topological polar surface area (TPSA) is 154 Å². The highest BCUT2D eigenvalue weighted by Crippen LogP contribution is 2.36. The number of nitrogens with two attached hydrogens (primary N) is 1. The van der Waals surface area contributed by atoms with Gasteiger partial charge in [-0.05, 0) is 12.1 Å². The number of fused-ring (bicyclic) bond motifs is 2. The summed E-state index contributed by atoms with van der Waals surface area (Å²) in [6.45, 7) is 0.755. The van der Waals surface area contributed by atoms with Gasteiger partial charge >= 0.3 is 0 Å². The molecule has 0 saturated carbocycles. The molecule has 0 spiro atoms. The molecule has 1 aliphatic heterocycles. The first-order valence-electron chi connectivity index (χ1n) is 9.47. The number of methoxy groups -OCH3 is 1. The number of H-pyrrole nitrogens is 1. The van der Waals surface area contributed by atoms with Crippen LogP contribution < -0.4 is 26.2 Å². The molecule has 10 nitrogen and oxygen atoms in total. The highest BCUT2D eigenvalue weighted by Gasteiger charge is 2.28. The van der Waals surface area contributed by atoms with Crippen LogP contribution in [0.1, 0.15) is 29.4 Å². The molecule has 1 amide bonds. The number of ether oxygens (including phenoxy) is 3. The zero-order valence-corrected chi connectivity index (χ0v) is 16.6. The summed E-state index contributed by atoms with van der Waals surface area (Å²) >= 11 is 0. The molecule has 0 aliphatic carbocycles. The van der Waals surface area contributed by atoms with Crippen molar-refractivity contribution in [3.8, 4) is 17.2 Å². The van der Waals surface area contributed by atoms with E-state index in [2.05, 4.69) is 4.98 Å². The predicted molar refractivity (Wildman–Crippen MR) is 109 cm³/mol. The number of aromatic nitrogens is 1. The van der Waals surface area contributed by atoms with E-state index in [1.165, 1.54) is 7.11 Å². The Morgan fingerprint density at radius 1 is 1.19 bits per heavy atom. The van der Waals surface area contributed by atoms with Gasteiger partial charge in [-0.2, -0.15) is 0 Å². The number of aromatic hydroxyl groups is 1. The Labute approximate surface area is 175 Å². The maximum atomic E-state index is 12.9. The van der Waals surface area contributed by atoms with Crippen LogP contribution in [0.3, 0.4) is 0 Å². The van der Waals surface area contributed by atoms with E-state index in [0.717, 1.165) is 6.07 Å². The van der Waals surface area contributed by atoms with E-state index in [-0.39, 0.29) is 30.1 Å². The Bertz CT molecular complexity index is 1280. The van der Waals surface area contributed by atoms with E-state index in [1.54, 1.807) is 18.2 Å². The fourth-order valence-corrected chi connectivity index (χ4v) is 3.57. The molecule has 3 aromatic rings. The number of pyridine rings is 1. The third kappa shape index (κ3) is 3.97. The summed E-state index contributed by atoms with van der Waals surface area (Å²) in [6, 6.07) is 5.97. The number of aromatic amines is 1. The molecule has 4 rings (SSSR count). The van der Waals surface area contributed by atoms with Gasteiger partial charge in [0.25, 0.3) is 5.56 Å². The van der Waals surface area contributed by atoms with Crippen molar-refractivity contribution in [1.82, 2.24) is 4.98 Å². The normalized spacial score (nSPS) is 13.8. The van der Waals surface area contributed by atoms with Crippen molar-refractivity contribution in [3.05, 3.63) is 61.9 Å². The van der Waals surface area contributed by atoms with Crippen LogP contribution in [0.4, 0.5) is 0 Å². The number of carbonyl (C=O) groups excluding carboxylic acids is 1. The lowest BCUT2D eigenvalue weighted by atomic mass is 9.92. The summed E-state index contributed by atoms with van der Waals surface area (Å²) < 4.78 is 21.7. The van der Waals surface area contributed by atoms with E-state index < -0.39 is 28.6 Å². The lowest BCUT2D eigenvalue weighted by Crippen LogP contribution is -2.23. The molecule has 3 heterocycles. The zero-order chi connectivity index (χ0) is 22.1. The monoisotopic (exact) mass is 428 g/mol. The molecule has 0 saturated heterocycles. The Kier molecular flexibility index (Phi) is 5.38. The number of nitrogens with one attached hydrogen (secondary N) is 1. The average Bonchev–Trinajstić information content (AvgIpc) is 2.73. The Morgan fingerprint density at radius 2 is 1.90 bits per heavy atom. The summed E-state index contributed by atoms with van der Waals surface area (Å²) in [5.41, 5.74) is 4.73. The van der Waals surface area contributed by atoms with Crippen molar-refractivity contribution in [3.63, 3.8) is 0 Å². The second-order valence-corrected chi connectivity index (χ2v) is 7.08. The third-order valence-corrected chi connectivity index (χ3v) is 4.92. The predicted octanol–water partition coefficient (Wildman–Crippen LogP) is 1.11. The Hall–Kier alpha value is -3.79. The smallest absolute Gasteiger partial charge is 0.252 e. The van der Waals surface area contributed by atoms with E-state index in [0.29, 0.717) is 35.6 Å². The molecule has 31 heavy (non-hydrogen) atoms. The Balaban J connectivity index is 1.91. The largest absolute Gasteiger partial charge is 0.502 e. The van der Waals surface area contributed by atoms with Crippen molar-refractivity contribution < 1.29 is 28.5 Å². The number of amides is 1. The van der Waals surface area contributed by atoms with Crippen molar-refractivity contribution in [2.45, 2.75) is 18.9 Å². The second kappa shape index (κ2) is 8.15. The second-order valence-electron chi connectivity index (χ2n) is 7.08. The van der Waals surface area contributed by atoms with Gasteiger partial charge in [0.2, 0.25) is 17.1 Å². The van der Waals surface area contributed by atoms with Crippen LogP contribution in [-0.2, 0) is 16.1 Å². The minimum Gasteiger partial charge on any atom is -0.502 e. The lowest BCUT2D eigenvalue weighted by molar-refractivity contribution is -0.118. The summed E-state index contributed by atoms with van der Waals surface area (Å²) in [6.07, 6.45) is -0.369. The van der Waals surface area contributed by atoms with Gasteiger partial charge in [0.1, 0.15) is 25.6 Å². The van der Waals surface area contributed by atoms with Crippen LogP contribution in [-0.4, -0.2) is 36.3 Å². The highest BCUT2D eigenvalue weighted by atomic mass is 16.6. The van der Waals surface area contributed by atoms with Gasteiger partial charge in [-0.1, -0.05) is 0 Å². The number of rotatable bonds is 6. The average molecular weight is 428 g/mol. The molecular formula is C21H20N2O8. The summed E-state index contributed by atoms with van der Waals surface area (Å²) in [4.78, 5) is 39.6. The van der Waals surface area contributed by atoms with Crippen molar-refractivity contribution in [2.75, 3.05) is 20.3 Å². The molecule has 0 unspecified atom stereocenters. The molecule has 0 fully saturated rings. The number of primary amides is 1. The van der Waals surface area contributed by atoms with Crippen molar-refractivity contribution in [1.29, 1.82) is 0 Å². The number of hydrogen-bond acceptors (Lipinski definition) is 8. The van der Waals surface area contributed by atoms with Gasteiger partial charge < -0.3 is 34.5 Å². The van der Waals surface area contributed by atoms with Crippen LogP contribution in [0, 0.1) is 0 Å². The van der Waals surface area contributed by atoms with E-state index in [4.69, 9.17) is 24.4 Å². The maximum Gasteiger partial charge on any atom is 0.252 e. The minimum atomic E-state index is -1.09. The van der Waals surface area contributed by atoms with Gasteiger partial charge in [0.15, 0.2) is 17.3 Å². The Morgan fingerprint density at radius 3 is 2.58 bits per heavy atom. The van der Waals surface area contributed by atoms with Gasteiger partial charge in [-0.3, -0.25) is 14.4 Å². The molecule has 4 N–H and O–H groups in total. The maximum absolute atomic E-state index is 12.9. The van der Waals surface area contributed by atoms with Crippen LogP contribution in [0.2, 0.25) is 0 Å². The fourth-order valence-electron chi connectivity index (χ4n) is 3.57. The molecule has 0 radical (unpaired) electrons. The summed E-state index contributed by atoms with van der Waals surface area (Å²) in [5.74, 6) is -1.62. The molecule has 162 valence electrons. The number of benzene rings is 1. The lowest BCUT2D eigenvalue weighted by Gasteiger charge is -2.20. The van der Waals surface area contributed by atoms with Crippen LogP contribution in [0.15, 0.2) is 38.3 Å². The molecule has 2 aromatic heterocycles. The van der Waals surface area contributed by atoms with E-state index in [9.17, 15) is 19.5 Å². The first-order valence-corrected chi connectivity index (χ1v) is 9.47. The van der Waals surface area contributed by atoms with Crippen LogP contribution >= 0.6 is 0 Å². The minimum absolute atomic E-state index is 0.0383.